The van der Waals surface area contributed by atoms with Crippen LogP contribution in [0.4, 0.5) is 4.39 Å². The Labute approximate surface area is 153 Å². The van der Waals surface area contributed by atoms with Crippen LogP contribution in [0.15, 0.2) is 58.4 Å². The second-order valence-electron chi connectivity index (χ2n) is 6.33. The second-order valence-corrected chi connectivity index (χ2v) is 7.22. The van der Waals surface area contributed by atoms with Crippen LogP contribution in [0.25, 0.3) is 34.1 Å². The lowest BCUT2D eigenvalue weighted by Crippen LogP contribution is -1.85. The minimum Gasteiger partial charge on any atom is -0.334 e. The highest BCUT2D eigenvalue weighted by atomic mass is 32.1. The number of hydrogen-bond donors (Lipinski definition) is 0. The van der Waals surface area contributed by atoms with Crippen molar-refractivity contribution in [2.24, 2.45) is 0 Å². The molecule has 2 aromatic carbocycles. The van der Waals surface area contributed by atoms with Crippen molar-refractivity contribution in [2.75, 3.05) is 0 Å². The normalized spacial score (nSPS) is 13.9. The highest BCUT2D eigenvalue weighted by molar-refractivity contribution is 7.10. The lowest BCUT2D eigenvalue weighted by Gasteiger charge is -1.98. The Hall–Kier alpha value is -2.86. The van der Waals surface area contributed by atoms with E-state index in [4.69, 9.17) is 9.51 Å². The molecule has 1 aliphatic rings. The van der Waals surface area contributed by atoms with Gasteiger partial charge in [0.05, 0.1) is 16.3 Å². The Morgan fingerprint density at radius 2 is 1.73 bits per heavy atom. The molecule has 0 amide bonds. The summed E-state index contributed by atoms with van der Waals surface area (Å²) in [6, 6.07) is 14.2. The molecule has 1 saturated carbocycles. The zero-order valence-corrected chi connectivity index (χ0v) is 14.5. The highest BCUT2D eigenvalue weighted by Crippen LogP contribution is 2.42. The summed E-state index contributed by atoms with van der Waals surface area (Å²) in [5, 5.41) is 7.31. The lowest BCUT2D eigenvalue weighted by atomic mass is 10.1. The molecule has 0 bridgehead atoms. The molecule has 128 valence electrons. The van der Waals surface area contributed by atoms with Gasteiger partial charge in [0, 0.05) is 22.4 Å². The van der Waals surface area contributed by atoms with Crippen LogP contribution < -0.4 is 0 Å². The van der Waals surface area contributed by atoms with Gasteiger partial charge in [-0.25, -0.2) is 9.37 Å². The Balaban J connectivity index is 1.41. The first-order valence-corrected chi connectivity index (χ1v) is 9.31. The van der Waals surface area contributed by atoms with Crippen molar-refractivity contribution >= 4 is 11.3 Å². The van der Waals surface area contributed by atoms with Crippen LogP contribution in [-0.2, 0) is 0 Å². The quantitative estimate of drug-likeness (QED) is 0.477. The van der Waals surface area contributed by atoms with E-state index in [0.29, 0.717) is 17.3 Å². The van der Waals surface area contributed by atoms with Crippen molar-refractivity contribution in [1.82, 2.24) is 15.1 Å². The number of thiazole rings is 1. The summed E-state index contributed by atoms with van der Waals surface area (Å²) < 4.78 is 19.1. The van der Waals surface area contributed by atoms with Crippen LogP contribution in [0.5, 0.6) is 0 Å². The molecule has 0 saturated heterocycles. The molecule has 0 aliphatic heterocycles. The van der Waals surface area contributed by atoms with E-state index in [1.807, 2.05) is 24.3 Å². The summed E-state index contributed by atoms with van der Waals surface area (Å²) in [5.74, 6) is 0.903. The molecule has 0 spiro atoms. The standard InChI is InChI=1S/C20H14FN3OS/c21-16-4-2-1-3-15(16)19-23-18(24-25-19)13-7-5-12(6-8-13)17-11-26-20(22-17)14-9-10-14/h1-8,11,14H,9-10H2. The number of halogens is 1. The van der Waals surface area contributed by atoms with Gasteiger partial charge in [-0.2, -0.15) is 4.98 Å². The van der Waals surface area contributed by atoms with Crippen LogP contribution in [0.3, 0.4) is 0 Å². The fourth-order valence-corrected chi connectivity index (χ4v) is 3.81. The molecular weight excluding hydrogens is 349 g/mol. The summed E-state index contributed by atoms with van der Waals surface area (Å²) >= 11 is 1.73. The Morgan fingerprint density at radius 1 is 0.962 bits per heavy atom. The van der Waals surface area contributed by atoms with Gasteiger partial charge in [-0.3, -0.25) is 0 Å². The first-order valence-electron chi connectivity index (χ1n) is 8.43. The number of rotatable bonds is 4. The smallest absolute Gasteiger partial charge is 0.261 e. The van der Waals surface area contributed by atoms with E-state index < -0.39 is 0 Å². The Bertz CT molecular complexity index is 1070. The minimum absolute atomic E-state index is 0.177. The van der Waals surface area contributed by atoms with E-state index in [1.54, 1.807) is 29.5 Å². The largest absolute Gasteiger partial charge is 0.334 e. The number of aromatic nitrogens is 3. The van der Waals surface area contributed by atoms with Crippen molar-refractivity contribution in [2.45, 2.75) is 18.8 Å². The molecule has 4 aromatic rings. The van der Waals surface area contributed by atoms with Gasteiger partial charge in [0.25, 0.3) is 5.89 Å². The first-order chi connectivity index (χ1) is 12.8. The lowest BCUT2D eigenvalue weighted by molar-refractivity contribution is 0.429. The molecule has 26 heavy (non-hydrogen) atoms. The predicted molar refractivity (Wildman–Crippen MR) is 98.2 cm³/mol. The Kier molecular flexibility index (Phi) is 3.64. The Morgan fingerprint density at radius 3 is 2.50 bits per heavy atom. The van der Waals surface area contributed by atoms with Gasteiger partial charge in [-0.15, -0.1) is 11.3 Å². The SMILES string of the molecule is Fc1ccccc1-c1nc(-c2ccc(-c3csc(C4CC4)n3)cc2)no1. The third-order valence-electron chi connectivity index (χ3n) is 4.42. The number of nitrogens with zero attached hydrogens (tertiary/aromatic N) is 3. The number of hydrogen-bond acceptors (Lipinski definition) is 5. The van der Waals surface area contributed by atoms with Crippen molar-refractivity contribution in [3.8, 4) is 34.1 Å². The topological polar surface area (TPSA) is 51.8 Å². The summed E-state index contributed by atoms with van der Waals surface area (Å²) in [7, 11) is 0. The average molecular weight is 363 g/mol. The van der Waals surface area contributed by atoms with Crippen LogP contribution in [0.2, 0.25) is 0 Å². The second kappa shape index (κ2) is 6.14. The fourth-order valence-electron chi connectivity index (χ4n) is 2.81. The maximum atomic E-state index is 13.9. The van der Waals surface area contributed by atoms with Crippen LogP contribution >= 0.6 is 11.3 Å². The number of benzene rings is 2. The van der Waals surface area contributed by atoms with Gasteiger partial charge in [0.15, 0.2) is 0 Å². The molecular formula is C20H14FN3OS. The molecule has 0 atom stereocenters. The minimum atomic E-state index is -0.381. The molecule has 0 N–H and O–H groups in total. The van der Waals surface area contributed by atoms with E-state index in [2.05, 4.69) is 15.5 Å². The molecule has 0 radical (unpaired) electrons. The van der Waals surface area contributed by atoms with Crippen molar-refractivity contribution in [3.63, 3.8) is 0 Å². The molecule has 2 aromatic heterocycles. The third kappa shape index (κ3) is 2.82. The van der Waals surface area contributed by atoms with E-state index in [1.165, 1.54) is 23.9 Å². The maximum Gasteiger partial charge on any atom is 0.261 e. The molecule has 6 heteroatoms. The fraction of sp³-hybridized carbons (Fsp3) is 0.150. The van der Waals surface area contributed by atoms with Gasteiger partial charge in [-0.1, -0.05) is 41.6 Å². The molecule has 0 unspecified atom stereocenters. The summed E-state index contributed by atoms with van der Waals surface area (Å²) in [6.45, 7) is 0. The highest BCUT2D eigenvalue weighted by Gasteiger charge is 2.26. The summed E-state index contributed by atoms with van der Waals surface area (Å²) in [4.78, 5) is 9.04. The van der Waals surface area contributed by atoms with Crippen LogP contribution in [0.1, 0.15) is 23.8 Å². The van der Waals surface area contributed by atoms with Gasteiger partial charge < -0.3 is 4.52 Å². The predicted octanol–water partition coefficient (Wildman–Crippen LogP) is 5.54. The van der Waals surface area contributed by atoms with Crippen molar-refractivity contribution in [1.29, 1.82) is 0 Å². The van der Waals surface area contributed by atoms with E-state index in [9.17, 15) is 4.39 Å². The zero-order valence-electron chi connectivity index (χ0n) is 13.7. The molecule has 1 aliphatic carbocycles. The molecule has 2 heterocycles. The summed E-state index contributed by atoms with van der Waals surface area (Å²) in [6.07, 6.45) is 2.52. The monoisotopic (exact) mass is 363 g/mol. The van der Waals surface area contributed by atoms with E-state index >= 15 is 0 Å². The zero-order chi connectivity index (χ0) is 17.5. The maximum absolute atomic E-state index is 13.9. The van der Waals surface area contributed by atoms with Gasteiger partial charge >= 0.3 is 0 Å². The van der Waals surface area contributed by atoms with Gasteiger partial charge in [0.1, 0.15) is 5.82 Å². The molecule has 1 fully saturated rings. The molecule has 4 nitrogen and oxygen atoms in total. The van der Waals surface area contributed by atoms with Gasteiger partial charge in [0.2, 0.25) is 5.82 Å². The molecule has 5 rings (SSSR count). The van der Waals surface area contributed by atoms with E-state index in [0.717, 1.165) is 16.8 Å². The van der Waals surface area contributed by atoms with Gasteiger partial charge in [-0.05, 0) is 25.0 Å². The first kappa shape index (κ1) is 15.4. The summed E-state index contributed by atoms with van der Waals surface area (Å²) in [5.41, 5.74) is 3.19. The van der Waals surface area contributed by atoms with E-state index in [-0.39, 0.29) is 11.7 Å². The van der Waals surface area contributed by atoms with Crippen LogP contribution in [0, 0.1) is 5.82 Å². The third-order valence-corrected chi connectivity index (χ3v) is 5.42. The average Bonchev–Trinajstić information content (AvgIpc) is 3.20. The van der Waals surface area contributed by atoms with Crippen LogP contribution in [-0.4, -0.2) is 15.1 Å². The van der Waals surface area contributed by atoms with Crippen molar-refractivity contribution < 1.29 is 8.91 Å². The van der Waals surface area contributed by atoms with Crippen molar-refractivity contribution in [3.05, 3.63) is 64.7 Å².